The van der Waals surface area contributed by atoms with Crippen molar-refractivity contribution in [1.29, 1.82) is 0 Å². The number of hydrogen-bond donors (Lipinski definition) is 1. The molecule has 2 N–H and O–H groups in total. The zero-order valence-corrected chi connectivity index (χ0v) is 15.2. The maximum Gasteiger partial charge on any atom is 0.338 e. The van der Waals surface area contributed by atoms with E-state index in [1.54, 1.807) is 18.2 Å². The third-order valence-electron chi connectivity index (χ3n) is 4.79. The highest BCUT2D eigenvalue weighted by atomic mass is 16.5. The lowest BCUT2D eigenvalue weighted by molar-refractivity contribution is 0.0211. The molecule has 3 rings (SSSR count). The van der Waals surface area contributed by atoms with Crippen molar-refractivity contribution in [3.63, 3.8) is 0 Å². The van der Waals surface area contributed by atoms with Crippen LogP contribution in [-0.4, -0.2) is 18.7 Å². The van der Waals surface area contributed by atoms with E-state index >= 15 is 0 Å². The highest BCUT2D eigenvalue weighted by molar-refractivity contribution is 5.90. The predicted octanol–water partition coefficient (Wildman–Crippen LogP) is 4.77. The molecule has 0 heterocycles. The SMILES string of the molecule is Nc1ccc(C(=O)OC2CCCCC2)cc1OCCCc1ccccc1. The summed E-state index contributed by atoms with van der Waals surface area (Å²) in [7, 11) is 0. The van der Waals surface area contributed by atoms with Crippen LogP contribution in [0.1, 0.15) is 54.4 Å². The second kappa shape index (κ2) is 9.27. The third-order valence-corrected chi connectivity index (χ3v) is 4.79. The van der Waals surface area contributed by atoms with Gasteiger partial charge in [0.1, 0.15) is 11.9 Å². The summed E-state index contributed by atoms with van der Waals surface area (Å²) in [6.45, 7) is 0.556. The zero-order valence-electron chi connectivity index (χ0n) is 15.2. The normalized spacial score (nSPS) is 14.8. The molecule has 0 aromatic heterocycles. The van der Waals surface area contributed by atoms with Gasteiger partial charge in [0.15, 0.2) is 0 Å². The number of carbonyl (C=O) groups is 1. The van der Waals surface area contributed by atoms with Crippen molar-refractivity contribution in [3.05, 3.63) is 59.7 Å². The summed E-state index contributed by atoms with van der Waals surface area (Å²) in [5, 5.41) is 0. The fourth-order valence-corrected chi connectivity index (χ4v) is 3.29. The van der Waals surface area contributed by atoms with Crippen molar-refractivity contribution < 1.29 is 14.3 Å². The Morgan fingerprint density at radius 3 is 2.58 bits per heavy atom. The van der Waals surface area contributed by atoms with Crippen molar-refractivity contribution in [3.8, 4) is 5.75 Å². The Morgan fingerprint density at radius 2 is 1.81 bits per heavy atom. The summed E-state index contributed by atoms with van der Waals surface area (Å²) in [6, 6.07) is 15.4. The number of hydrogen-bond acceptors (Lipinski definition) is 4. The number of rotatable bonds is 7. The van der Waals surface area contributed by atoms with Crippen LogP contribution in [0.3, 0.4) is 0 Å². The second-order valence-corrected chi connectivity index (χ2v) is 6.86. The minimum atomic E-state index is -0.286. The number of aryl methyl sites for hydroxylation is 1. The van der Waals surface area contributed by atoms with Gasteiger partial charge in [-0.1, -0.05) is 36.8 Å². The Bertz CT molecular complexity index is 709. The van der Waals surface area contributed by atoms with E-state index in [2.05, 4.69) is 12.1 Å². The van der Waals surface area contributed by atoms with Crippen molar-refractivity contribution >= 4 is 11.7 Å². The molecule has 1 fully saturated rings. The Labute approximate surface area is 155 Å². The minimum Gasteiger partial charge on any atom is -0.491 e. The van der Waals surface area contributed by atoms with Gasteiger partial charge >= 0.3 is 5.97 Å². The maximum atomic E-state index is 12.4. The van der Waals surface area contributed by atoms with Crippen LogP contribution in [0, 0.1) is 0 Å². The van der Waals surface area contributed by atoms with E-state index in [1.165, 1.54) is 12.0 Å². The molecule has 0 saturated heterocycles. The van der Waals surface area contributed by atoms with Gasteiger partial charge in [0.05, 0.1) is 17.9 Å². The molecule has 138 valence electrons. The van der Waals surface area contributed by atoms with Crippen LogP contribution in [0.4, 0.5) is 5.69 Å². The summed E-state index contributed by atoms with van der Waals surface area (Å²) in [4.78, 5) is 12.4. The average Bonchev–Trinajstić information content (AvgIpc) is 2.68. The molecule has 1 aliphatic rings. The molecular formula is C22H27NO3. The molecule has 0 radical (unpaired) electrons. The van der Waals surface area contributed by atoms with Crippen LogP contribution in [0.15, 0.2) is 48.5 Å². The lowest BCUT2D eigenvalue weighted by atomic mass is 9.98. The van der Waals surface area contributed by atoms with Gasteiger partial charge in [0, 0.05) is 0 Å². The van der Waals surface area contributed by atoms with E-state index in [1.807, 2.05) is 18.2 Å². The Hall–Kier alpha value is -2.49. The molecule has 0 atom stereocenters. The van der Waals surface area contributed by atoms with E-state index < -0.39 is 0 Å². The summed E-state index contributed by atoms with van der Waals surface area (Å²) in [5.41, 5.74) is 8.32. The first kappa shape index (κ1) is 18.3. The molecule has 0 bridgehead atoms. The van der Waals surface area contributed by atoms with Gasteiger partial charge in [0.2, 0.25) is 0 Å². The fourth-order valence-electron chi connectivity index (χ4n) is 3.29. The van der Waals surface area contributed by atoms with Gasteiger partial charge in [-0.2, -0.15) is 0 Å². The standard InChI is InChI=1S/C22H27NO3/c23-20-14-13-18(22(24)26-19-11-5-2-6-12-19)16-21(20)25-15-7-10-17-8-3-1-4-9-17/h1,3-4,8-9,13-14,16,19H,2,5-7,10-12,15,23H2. The van der Waals surface area contributed by atoms with Crippen molar-refractivity contribution in [2.75, 3.05) is 12.3 Å². The molecule has 2 aromatic rings. The molecule has 2 aromatic carbocycles. The maximum absolute atomic E-state index is 12.4. The van der Waals surface area contributed by atoms with Crippen LogP contribution in [0.5, 0.6) is 5.75 Å². The highest BCUT2D eigenvalue weighted by Crippen LogP contribution is 2.26. The lowest BCUT2D eigenvalue weighted by Gasteiger charge is -2.22. The molecule has 0 aliphatic heterocycles. The summed E-state index contributed by atoms with van der Waals surface area (Å²) in [6.07, 6.45) is 7.31. The molecule has 0 spiro atoms. The first-order valence-electron chi connectivity index (χ1n) is 9.49. The van der Waals surface area contributed by atoms with Crippen molar-refractivity contribution in [2.24, 2.45) is 0 Å². The van der Waals surface area contributed by atoms with Gasteiger partial charge in [-0.05, 0) is 62.3 Å². The number of carbonyl (C=O) groups excluding carboxylic acids is 1. The van der Waals surface area contributed by atoms with Gasteiger partial charge in [-0.15, -0.1) is 0 Å². The van der Waals surface area contributed by atoms with Crippen LogP contribution in [-0.2, 0) is 11.2 Å². The largest absolute Gasteiger partial charge is 0.491 e. The average molecular weight is 353 g/mol. The van der Waals surface area contributed by atoms with Crippen LogP contribution in [0.2, 0.25) is 0 Å². The summed E-state index contributed by atoms with van der Waals surface area (Å²) >= 11 is 0. The predicted molar refractivity (Wildman–Crippen MR) is 103 cm³/mol. The van der Waals surface area contributed by atoms with Gasteiger partial charge in [-0.3, -0.25) is 0 Å². The topological polar surface area (TPSA) is 61.6 Å². The number of nitrogen functional groups attached to an aromatic ring is 1. The second-order valence-electron chi connectivity index (χ2n) is 6.86. The first-order chi connectivity index (χ1) is 12.7. The molecule has 4 nitrogen and oxygen atoms in total. The van der Waals surface area contributed by atoms with Crippen LogP contribution >= 0.6 is 0 Å². The third kappa shape index (κ3) is 5.25. The molecular weight excluding hydrogens is 326 g/mol. The first-order valence-corrected chi connectivity index (χ1v) is 9.49. The monoisotopic (exact) mass is 353 g/mol. The van der Waals surface area contributed by atoms with E-state index in [-0.39, 0.29) is 12.1 Å². The Kier molecular flexibility index (Phi) is 6.53. The molecule has 1 saturated carbocycles. The summed E-state index contributed by atoms with van der Waals surface area (Å²) in [5.74, 6) is 0.266. The quantitative estimate of drug-likeness (QED) is 0.442. The lowest BCUT2D eigenvalue weighted by Crippen LogP contribution is -2.21. The Balaban J connectivity index is 1.52. The minimum absolute atomic E-state index is 0.0454. The van der Waals surface area contributed by atoms with Gasteiger partial charge in [-0.25, -0.2) is 4.79 Å². The number of esters is 1. The van der Waals surface area contributed by atoms with Crippen molar-refractivity contribution in [2.45, 2.75) is 51.0 Å². The van der Waals surface area contributed by atoms with E-state index in [0.29, 0.717) is 23.6 Å². The molecule has 0 amide bonds. The fraction of sp³-hybridized carbons (Fsp3) is 0.409. The Morgan fingerprint density at radius 1 is 1.04 bits per heavy atom. The van der Waals surface area contributed by atoms with E-state index in [0.717, 1.165) is 38.5 Å². The molecule has 4 heteroatoms. The molecule has 26 heavy (non-hydrogen) atoms. The number of nitrogens with two attached hydrogens (primary N) is 1. The smallest absolute Gasteiger partial charge is 0.338 e. The van der Waals surface area contributed by atoms with E-state index in [9.17, 15) is 4.79 Å². The van der Waals surface area contributed by atoms with Crippen molar-refractivity contribution in [1.82, 2.24) is 0 Å². The zero-order chi connectivity index (χ0) is 18.2. The number of anilines is 1. The van der Waals surface area contributed by atoms with Gasteiger partial charge in [0.25, 0.3) is 0 Å². The van der Waals surface area contributed by atoms with Crippen LogP contribution in [0.25, 0.3) is 0 Å². The molecule has 0 unspecified atom stereocenters. The van der Waals surface area contributed by atoms with Gasteiger partial charge < -0.3 is 15.2 Å². The molecule has 1 aliphatic carbocycles. The van der Waals surface area contributed by atoms with Crippen LogP contribution < -0.4 is 10.5 Å². The number of benzene rings is 2. The van der Waals surface area contributed by atoms with E-state index in [4.69, 9.17) is 15.2 Å². The summed E-state index contributed by atoms with van der Waals surface area (Å²) < 4.78 is 11.4. The highest BCUT2D eigenvalue weighted by Gasteiger charge is 2.19. The number of ether oxygens (including phenoxy) is 2.